The molecule has 1 aromatic rings. The quantitative estimate of drug-likeness (QED) is 0.443. The van der Waals surface area contributed by atoms with Gasteiger partial charge in [-0.15, -0.1) is 0 Å². The molecule has 0 radical (unpaired) electrons. The van der Waals surface area contributed by atoms with Gasteiger partial charge in [0, 0.05) is 0 Å². The first-order valence-corrected chi connectivity index (χ1v) is 4.45. The molecule has 0 aliphatic carbocycles. The van der Waals surface area contributed by atoms with E-state index < -0.39 is 0 Å². The summed E-state index contributed by atoms with van der Waals surface area (Å²) in [5, 5.41) is 4.40. The smallest absolute Gasteiger partial charge is 0.184 e. The van der Waals surface area contributed by atoms with E-state index in [1.165, 1.54) is 17.7 Å². The molecule has 1 aromatic heterocycles. The zero-order chi connectivity index (χ0) is 8.97. The van der Waals surface area contributed by atoms with Crippen LogP contribution in [0, 0.1) is 0 Å². The molecular formula is C5H5ClN4S2. The summed E-state index contributed by atoms with van der Waals surface area (Å²) in [6.07, 6.45) is 3.06. The number of nitrogens with two attached hydrogens (primary N) is 1. The van der Waals surface area contributed by atoms with Crippen molar-refractivity contribution in [2.24, 2.45) is 10.8 Å². The predicted molar refractivity (Wildman–Crippen MR) is 54.6 cm³/mol. The van der Waals surface area contributed by atoms with Crippen molar-refractivity contribution < 1.29 is 0 Å². The number of nitrogens with zero attached hydrogens (tertiary/aromatic N) is 2. The fraction of sp³-hybridized carbons (Fsp3) is 0. The minimum absolute atomic E-state index is 0.117. The van der Waals surface area contributed by atoms with Crippen LogP contribution < -0.4 is 11.2 Å². The minimum Gasteiger partial charge on any atom is -0.375 e. The molecule has 7 heteroatoms. The number of hydrazone groups is 1. The van der Waals surface area contributed by atoms with Crippen molar-refractivity contribution in [2.75, 3.05) is 0 Å². The first kappa shape index (κ1) is 9.37. The molecule has 12 heavy (non-hydrogen) atoms. The summed E-state index contributed by atoms with van der Waals surface area (Å²) in [4.78, 5) is 0.764. The summed E-state index contributed by atoms with van der Waals surface area (Å²) >= 11 is 11.5. The summed E-state index contributed by atoms with van der Waals surface area (Å²) in [6, 6.07) is 0. The molecule has 1 rings (SSSR count). The Balaban J connectivity index is 2.57. The number of nitrogens with one attached hydrogen (secondary N) is 1. The summed E-state index contributed by atoms with van der Waals surface area (Å²) in [5.74, 6) is 0. The van der Waals surface area contributed by atoms with Crippen LogP contribution in [0.4, 0.5) is 0 Å². The number of aromatic nitrogens is 1. The zero-order valence-electron chi connectivity index (χ0n) is 5.82. The number of thiocarbonyl (C=S) groups is 1. The highest BCUT2D eigenvalue weighted by molar-refractivity contribution is 7.80. The predicted octanol–water partition coefficient (Wildman–Crippen LogP) is 0.964. The SMILES string of the molecule is NC(=S)N/N=C\c1sncc1Cl. The first-order valence-electron chi connectivity index (χ1n) is 2.89. The zero-order valence-corrected chi connectivity index (χ0v) is 8.21. The van der Waals surface area contributed by atoms with Crippen LogP contribution in [-0.2, 0) is 0 Å². The van der Waals surface area contributed by atoms with Crippen molar-refractivity contribution in [1.29, 1.82) is 0 Å². The Morgan fingerprint density at radius 3 is 3.17 bits per heavy atom. The second kappa shape index (κ2) is 4.34. The lowest BCUT2D eigenvalue weighted by molar-refractivity contribution is 1.04. The van der Waals surface area contributed by atoms with E-state index in [1.807, 2.05) is 0 Å². The Kier molecular flexibility index (Phi) is 3.39. The van der Waals surface area contributed by atoms with Gasteiger partial charge in [-0.1, -0.05) is 11.6 Å². The fourth-order valence-corrected chi connectivity index (χ4v) is 1.30. The van der Waals surface area contributed by atoms with Crippen molar-refractivity contribution in [3.05, 3.63) is 16.1 Å². The van der Waals surface area contributed by atoms with E-state index in [0.29, 0.717) is 5.02 Å². The maximum atomic E-state index is 5.72. The maximum absolute atomic E-state index is 5.72. The molecule has 0 atom stereocenters. The van der Waals surface area contributed by atoms with Gasteiger partial charge < -0.3 is 5.73 Å². The molecule has 0 fully saturated rings. The van der Waals surface area contributed by atoms with Gasteiger partial charge in [0.25, 0.3) is 0 Å². The van der Waals surface area contributed by atoms with Gasteiger partial charge >= 0.3 is 0 Å². The van der Waals surface area contributed by atoms with Gasteiger partial charge in [0.2, 0.25) is 0 Å². The molecule has 0 aromatic carbocycles. The van der Waals surface area contributed by atoms with E-state index in [9.17, 15) is 0 Å². The Morgan fingerprint density at radius 2 is 2.67 bits per heavy atom. The summed E-state index contributed by atoms with van der Waals surface area (Å²) < 4.78 is 3.85. The van der Waals surface area contributed by atoms with Crippen LogP contribution >= 0.6 is 35.4 Å². The van der Waals surface area contributed by atoms with Gasteiger partial charge in [0.1, 0.15) is 0 Å². The minimum atomic E-state index is 0.117. The lowest BCUT2D eigenvalue weighted by Crippen LogP contribution is -2.23. The molecule has 0 saturated carbocycles. The van der Waals surface area contributed by atoms with E-state index in [2.05, 4.69) is 27.1 Å². The van der Waals surface area contributed by atoms with Crippen molar-refractivity contribution in [3.63, 3.8) is 0 Å². The van der Waals surface area contributed by atoms with Crippen LogP contribution in [0.1, 0.15) is 4.88 Å². The lowest BCUT2D eigenvalue weighted by atomic mass is 10.5. The van der Waals surface area contributed by atoms with Crippen molar-refractivity contribution in [1.82, 2.24) is 9.80 Å². The van der Waals surface area contributed by atoms with E-state index in [0.717, 1.165) is 4.88 Å². The normalized spacial score (nSPS) is 10.4. The summed E-state index contributed by atoms with van der Waals surface area (Å²) in [5.41, 5.74) is 7.54. The molecule has 1 heterocycles. The van der Waals surface area contributed by atoms with Crippen molar-refractivity contribution >= 4 is 46.7 Å². The fourth-order valence-electron chi connectivity index (χ4n) is 0.476. The molecule has 0 amide bonds. The number of rotatable bonds is 2. The second-order valence-corrected chi connectivity index (χ2v) is 3.45. The molecule has 3 N–H and O–H groups in total. The van der Waals surface area contributed by atoms with Crippen LogP contribution in [0.3, 0.4) is 0 Å². The number of hydrogen-bond acceptors (Lipinski definition) is 4. The average Bonchev–Trinajstić information content (AvgIpc) is 2.36. The third kappa shape index (κ3) is 2.72. The van der Waals surface area contributed by atoms with Gasteiger partial charge in [-0.05, 0) is 23.8 Å². The van der Waals surface area contributed by atoms with Gasteiger partial charge in [0.15, 0.2) is 5.11 Å². The van der Waals surface area contributed by atoms with Crippen molar-refractivity contribution in [2.45, 2.75) is 0 Å². The van der Waals surface area contributed by atoms with Crippen LogP contribution in [0.2, 0.25) is 5.02 Å². The monoisotopic (exact) mass is 220 g/mol. The molecule has 0 bridgehead atoms. The molecular weight excluding hydrogens is 216 g/mol. The second-order valence-electron chi connectivity index (χ2n) is 1.77. The highest BCUT2D eigenvalue weighted by Gasteiger charge is 1.97. The molecule has 0 aliphatic heterocycles. The van der Waals surface area contributed by atoms with Gasteiger partial charge in [-0.3, -0.25) is 5.43 Å². The molecule has 4 nitrogen and oxygen atoms in total. The Hall–Kier alpha value is -0.720. The summed E-state index contributed by atoms with van der Waals surface area (Å²) in [7, 11) is 0. The van der Waals surface area contributed by atoms with E-state index in [4.69, 9.17) is 17.3 Å². The first-order chi connectivity index (χ1) is 5.70. The van der Waals surface area contributed by atoms with Crippen LogP contribution in [0.5, 0.6) is 0 Å². The van der Waals surface area contributed by atoms with Gasteiger partial charge in [0.05, 0.1) is 22.3 Å². The van der Waals surface area contributed by atoms with E-state index in [1.54, 1.807) is 6.20 Å². The van der Waals surface area contributed by atoms with E-state index >= 15 is 0 Å². The topological polar surface area (TPSA) is 63.3 Å². The van der Waals surface area contributed by atoms with Crippen LogP contribution in [0.15, 0.2) is 11.3 Å². The summed E-state index contributed by atoms with van der Waals surface area (Å²) in [6.45, 7) is 0. The number of hydrogen-bond donors (Lipinski definition) is 2. The molecule has 64 valence electrons. The highest BCUT2D eigenvalue weighted by Crippen LogP contribution is 2.16. The average molecular weight is 221 g/mol. The standard InChI is InChI=1S/C5H5ClN4S2/c6-3-1-9-12-4(3)2-8-10-5(7)11/h1-2H,(H3,7,10,11)/b8-2-. The molecule has 0 unspecified atom stereocenters. The van der Waals surface area contributed by atoms with Gasteiger partial charge in [-0.25, -0.2) is 0 Å². The Labute approximate surface area is 83.6 Å². The van der Waals surface area contributed by atoms with Crippen LogP contribution in [-0.4, -0.2) is 15.7 Å². The Bertz CT molecular complexity index is 308. The largest absolute Gasteiger partial charge is 0.375 e. The third-order valence-electron chi connectivity index (χ3n) is 0.909. The molecule has 0 spiro atoms. The van der Waals surface area contributed by atoms with Crippen LogP contribution in [0.25, 0.3) is 0 Å². The lowest BCUT2D eigenvalue weighted by Gasteiger charge is -1.91. The van der Waals surface area contributed by atoms with Gasteiger partial charge in [-0.2, -0.15) is 9.47 Å². The maximum Gasteiger partial charge on any atom is 0.184 e. The Morgan fingerprint density at radius 1 is 1.92 bits per heavy atom. The van der Waals surface area contributed by atoms with E-state index in [-0.39, 0.29) is 5.11 Å². The number of halogens is 1. The van der Waals surface area contributed by atoms with Crippen molar-refractivity contribution in [3.8, 4) is 0 Å². The molecule has 0 aliphatic rings. The third-order valence-corrected chi connectivity index (χ3v) is 2.15. The molecule has 0 saturated heterocycles. The highest BCUT2D eigenvalue weighted by atomic mass is 35.5.